The van der Waals surface area contributed by atoms with Gasteiger partial charge >= 0.3 is 11.9 Å². The van der Waals surface area contributed by atoms with Crippen LogP contribution in [-0.4, -0.2) is 255 Å². The van der Waals surface area contributed by atoms with E-state index in [9.17, 15) is 33.9 Å². The summed E-state index contributed by atoms with van der Waals surface area (Å²) < 4.78 is 77.3. The van der Waals surface area contributed by atoms with E-state index in [4.69, 9.17) is 77.8 Å². The molecule has 0 saturated heterocycles. The first kappa shape index (κ1) is 94.6. The van der Waals surface area contributed by atoms with E-state index in [1.165, 1.54) is 140 Å². The smallest absolute Gasteiger partial charge is 0.306 e. The number of amides is 4. The summed E-state index contributed by atoms with van der Waals surface area (Å²) in [7, 11) is 0. The monoisotopic (exact) mass is 1430 g/mol. The largest absolute Gasteiger partial charge is 0.466 e. The van der Waals surface area contributed by atoms with Crippen LogP contribution in [0.5, 0.6) is 0 Å². The minimum absolute atomic E-state index is 0.120. The van der Waals surface area contributed by atoms with Gasteiger partial charge in [0.1, 0.15) is 12.1 Å². The lowest BCUT2D eigenvalue weighted by Crippen LogP contribution is -2.54. The van der Waals surface area contributed by atoms with E-state index in [1.54, 1.807) is 0 Å². The van der Waals surface area contributed by atoms with Gasteiger partial charge in [0.15, 0.2) is 0 Å². The Hall–Kier alpha value is -3.39. The number of aliphatic hydroxyl groups excluding tert-OH is 1. The summed E-state index contributed by atoms with van der Waals surface area (Å²) in [6, 6.07) is -2.22. The zero-order valence-electron chi connectivity index (χ0n) is 60.8. The second-order valence-electron chi connectivity index (χ2n) is 24.1. The Bertz CT molecular complexity index is 1790. The van der Waals surface area contributed by atoms with Crippen molar-refractivity contribution in [2.75, 3.05) is 196 Å². The Morgan fingerprint density at radius 2 is 0.704 bits per heavy atom. The predicted molar refractivity (Wildman–Crippen MR) is 380 cm³/mol. The van der Waals surface area contributed by atoms with Gasteiger partial charge in [-0.05, 0) is 12.8 Å². The molecule has 578 valence electrons. The van der Waals surface area contributed by atoms with Gasteiger partial charge < -0.3 is 98.8 Å². The summed E-state index contributed by atoms with van der Waals surface area (Å²) in [4.78, 5) is 73.6. The molecular formula is C71H137N5O21S. The summed E-state index contributed by atoms with van der Waals surface area (Å²) in [5.41, 5.74) is 11.2. The molecule has 0 unspecified atom stereocenters. The van der Waals surface area contributed by atoms with Crippen LogP contribution in [0, 0.1) is 0 Å². The van der Waals surface area contributed by atoms with Crippen molar-refractivity contribution in [3.8, 4) is 0 Å². The SMILES string of the molecule is CCCCCCCCCCCCCCCC(=O)OCC[C@@H](CSC[C@H](N)C(=O)N[C@@H](CO)C(=O)NCCOCCOCCOCCOCCOCCOCCOCCOCCOCCOCCOCCOCCC(=O)NCC(N)=O)OC(=O)CCCCCCCCCCCCCCC. The number of rotatable bonds is 81. The van der Waals surface area contributed by atoms with Crippen LogP contribution in [0.25, 0.3) is 0 Å². The highest BCUT2D eigenvalue weighted by atomic mass is 32.2. The van der Waals surface area contributed by atoms with E-state index < -0.39 is 42.5 Å². The Balaban J connectivity index is 4.05. The molecule has 98 heavy (non-hydrogen) atoms. The Morgan fingerprint density at radius 3 is 1.05 bits per heavy atom. The van der Waals surface area contributed by atoms with Crippen molar-refractivity contribution in [2.24, 2.45) is 11.5 Å². The molecule has 0 rings (SSSR count). The average Bonchev–Trinajstić information content (AvgIpc) is 1.18. The lowest BCUT2D eigenvalue weighted by atomic mass is 10.0. The number of nitrogens with one attached hydrogen (secondary N) is 3. The average molecular weight is 1430 g/mol. The van der Waals surface area contributed by atoms with Crippen molar-refractivity contribution in [1.82, 2.24) is 16.0 Å². The van der Waals surface area contributed by atoms with Gasteiger partial charge in [-0.3, -0.25) is 28.8 Å². The van der Waals surface area contributed by atoms with Crippen LogP contribution >= 0.6 is 11.8 Å². The molecule has 0 aromatic heterocycles. The molecule has 0 fully saturated rings. The second kappa shape index (κ2) is 77.8. The molecule has 3 atom stereocenters. The fraction of sp³-hybridized carbons (Fsp3) is 0.915. The van der Waals surface area contributed by atoms with Gasteiger partial charge in [0.05, 0.1) is 184 Å². The normalized spacial score (nSPS) is 12.4. The molecule has 0 spiro atoms. The topological polar surface area (TPSA) is 340 Å². The van der Waals surface area contributed by atoms with E-state index in [-0.39, 0.29) is 69.5 Å². The quantitative estimate of drug-likeness (QED) is 0.0251. The van der Waals surface area contributed by atoms with Crippen molar-refractivity contribution >= 4 is 47.3 Å². The number of hydrogen-bond donors (Lipinski definition) is 6. The first-order valence-corrected chi connectivity index (χ1v) is 38.5. The summed E-state index contributed by atoms with van der Waals surface area (Å²) in [6.45, 7) is 13.4. The molecule has 27 heteroatoms. The zero-order valence-corrected chi connectivity index (χ0v) is 61.7. The summed E-state index contributed by atoms with van der Waals surface area (Å²) in [5, 5.41) is 17.5. The lowest BCUT2D eigenvalue weighted by molar-refractivity contribution is -0.150. The maximum absolute atomic E-state index is 13.0. The lowest BCUT2D eigenvalue weighted by Gasteiger charge is -2.20. The first-order chi connectivity index (χ1) is 48.0. The van der Waals surface area contributed by atoms with Gasteiger partial charge in [-0.15, -0.1) is 0 Å². The van der Waals surface area contributed by atoms with E-state index in [0.717, 1.165) is 38.5 Å². The maximum atomic E-state index is 13.0. The first-order valence-electron chi connectivity index (χ1n) is 37.4. The van der Waals surface area contributed by atoms with Crippen molar-refractivity contribution in [2.45, 2.75) is 225 Å². The van der Waals surface area contributed by atoms with Gasteiger partial charge in [0.2, 0.25) is 23.6 Å². The summed E-state index contributed by atoms with van der Waals surface area (Å²) in [5.74, 6) is -2.12. The molecule has 0 aromatic rings. The molecule has 0 bridgehead atoms. The minimum atomic E-state index is -1.21. The number of hydrogen-bond acceptors (Lipinski definition) is 23. The Kier molecular flexibility index (Phi) is 75.1. The summed E-state index contributed by atoms with van der Waals surface area (Å²) in [6.07, 6.45) is 32.3. The standard InChI is InChI=1S/C71H137N5O21S/c1-3-5-7-9-11-13-15-17-19-21-23-25-27-29-68(80)96-35-31-63(97-69(81)30-28-26-24-22-20-18-16-14-12-10-8-6-4-2)61-98-62-64(72)70(82)76-65(60-77)71(83)74-33-36-85-38-40-87-42-44-89-46-48-91-50-52-93-54-56-95-58-57-94-55-53-92-51-49-90-47-45-88-43-41-86-39-37-84-34-32-67(79)75-59-66(73)78/h63-65,77H,3-62,72H2,1-2H3,(H2,73,78)(H,74,83)(H,75,79)(H,76,82)/t63-,64-,65-/m0/s1. The zero-order chi connectivity index (χ0) is 71.4. The molecule has 0 aliphatic heterocycles. The maximum Gasteiger partial charge on any atom is 0.306 e. The van der Waals surface area contributed by atoms with E-state index in [0.29, 0.717) is 164 Å². The van der Waals surface area contributed by atoms with Gasteiger partial charge in [0.25, 0.3) is 0 Å². The number of nitrogens with two attached hydrogens (primary N) is 2. The van der Waals surface area contributed by atoms with Gasteiger partial charge in [-0.25, -0.2) is 0 Å². The molecule has 0 heterocycles. The molecule has 0 aromatic carbocycles. The number of esters is 2. The highest BCUT2D eigenvalue weighted by Gasteiger charge is 2.24. The Labute approximate surface area is 593 Å². The highest BCUT2D eigenvalue weighted by Crippen LogP contribution is 2.17. The molecule has 8 N–H and O–H groups in total. The fourth-order valence-corrected chi connectivity index (χ4v) is 10.6. The van der Waals surface area contributed by atoms with E-state index >= 15 is 0 Å². The van der Waals surface area contributed by atoms with Crippen molar-refractivity contribution in [3.05, 3.63) is 0 Å². The predicted octanol–water partition coefficient (Wildman–Crippen LogP) is 7.64. The van der Waals surface area contributed by atoms with Crippen LogP contribution in [0.1, 0.15) is 206 Å². The third-order valence-corrected chi connectivity index (χ3v) is 16.5. The number of ether oxygens (including phenoxy) is 14. The van der Waals surface area contributed by atoms with Crippen LogP contribution in [0.3, 0.4) is 0 Å². The third kappa shape index (κ3) is 72.4. The number of carbonyl (C=O) groups is 6. The molecule has 4 amide bonds. The van der Waals surface area contributed by atoms with Crippen molar-refractivity contribution in [1.29, 1.82) is 0 Å². The van der Waals surface area contributed by atoms with Gasteiger partial charge in [-0.1, -0.05) is 168 Å². The van der Waals surface area contributed by atoms with Crippen LogP contribution in [-0.2, 0) is 95.1 Å². The second-order valence-corrected chi connectivity index (χ2v) is 25.2. The molecule has 0 aliphatic rings. The van der Waals surface area contributed by atoms with E-state index in [2.05, 4.69) is 29.8 Å². The number of thioether (sulfide) groups is 1. The fourth-order valence-electron chi connectivity index (χ4n) is 9.58. The van der Waals surface area contributed by atoms with Crippen LogP contribution in [0.15, 0.2) is 0 Å². The molecule has 0 radical (unpaired) electrons. The number of unbranched alkanes of at least 4 members (excludes halogenated alkanes) is 24. The highest BCUT2D eigenvalue weighted by molar-refractivity contribution is 7.99. The van der Waals surface area contributed by atoms with E-state index in [1.807, 2.05) is 0 Å². The minimum Gasteiger partial charge on any atom is -0.466 e. The van der Waals surface area contributed by atoms with Crippen LogP contribution < -0.4 is 27.4 Å². The molecule has 0 saturated carbocycles. The number of aliphatic hydroxyl groups is 1. The van der Waals surface area contributed by atoms with Crippen LogP contribution in [0.4, 0.5) is 0 Å². The number of primary amides is 1. The summed E-state index contributed by atoms with van der Waals surface area (Å²) >= 11 is 1.33. The number of carbonyl (C=O) groups excluding carboxylic acids is 6. The molecule has 0 aliphatic carbocycles. The van der Waals surface area contributed by atoms with Gasteiger partial charge in [0, 0.05) is 43.7 Å². The molecule has 26 nitrogen and oxygen atoms in total. The Morgan fingerprint density at radius 1 is 0.378 bits per heavy atom. The van der Waals surface area contributed by atoms with Crippen LogP contribution in [0.2, 0.25) is 0 Å². The third-order valence-electron chi connectivity index (χ3n) is 15.3. The van der Waals surface area contributed by atoms with Crippen molar-refractivity contribution < 1.29 is 100 Å². The molecular weight excluding hydrogens is 1290 g/mol. The van der Waals surface area contributed by atoms with Crippen molar-refractivity contribution in [3.63, 3.8) is 0 Å². The van der Waals surface area contributed by atoms with Gasteiger partial charge in [-0.2, -0.15) is 11.8 Å².